The summed E-state index contributed by atoms with van der Waals surface area (Å²) in [6.07, 6.45) is -1.35. The van der Waals surface area contributed by atoms with Crippen molar-refractivity contribution in [2.24, 2.45) is 0 Å². The quantitative estimate of drug-likeness (QED) is 0.579. The number of benzene rings is 2. The summed E-state index contributed by atoms with van der Waals surface area (Å²) in [5, 5.41) is 5.38. The number of carbonyl (C=O) groups excluding carboxylic acids is 1. The highest BCUT2D eigenvalue weighted by molar-refractivity contribution is 6.30. The number of anilines is 2. The average molecular weight is 406 g/mol. The second kappa shape index (κ2) is 8.31. The summed E-state index contributed by atoms with van der Waals surface area (Å²) in [7, 11) is 0. The molecule has 0 atom stereocenters. The molecule has 3 rings (SSSR count). The van der Waals surface area contributed by atoms with Gasteiger partial charge in [-0.3, -0.25) is 9.78 Å². The molecular formula is C20H15ClF3N3O. The van der Waals surface area contributed by atoms with Crippen molar-refractivity contribution < 1.29 is 18.0 Å². The molecule has 144 valence electrons. The Bertz CT molecular complexity index is 978. The first-order valence-corrected chi connectivity index (χ1v) is 8.62. The molecule has 0 aliphatic carbocycles. The van der Waals surface area contributed by atoms with Gasteiger partial charge in [-0.05, 0) is 48.0 Å². The zero-order valence-electron chi connectivity index (χ0n) is 14.4. The molecule has 8 heteroatoms. The maximum Gasteiger partial charge on any atom is 0.418 e. The molecule has 0 fully saturated rings. The number of halogens is 4. The van der Waals surface area contributed by atoms with E-state index in [1.165, 1.54) is 12.1 Å². The molecule has 1 amide bonds. The summed E-state index contributed by atoms with van der Waals surface area (Å²) in [4.78, 5) is 16.6. The minimum atomic E-state index is -4.65. The number of alkyl halides is 3. The Morgan fingerprint density at radius 2 is 1.71 bits per heavy atom. The normalized spacial score (nSPS) is 11.1. The van der Waals surface area contributed by atoms with E-state index in [1.54, 1.807) is 30.6 Å². The maximum atomic E-state index is 13.2. The van der Waals surface area contributed by atoms with Gasteiger partial charge >= 0.3 is 6.18 Å². The highest BCUT2D eigenvalue weighted by Crippen LogP contribution is 2.36. The van der Waals surface area contributed by atoms with Crippen LogP contribution in [0.2, 0.25) is 5.02 Å². The van der Waals surface area contributed by atoms with Crippen LogP contribution in [0.5, 0.6) is 0 Å². The zero-order valence-corrected chi connectivity index (χ0v) is 15.2. The molecule has 2 N–H and O–H groups in total. The third kappa shape index (κ3) is 4.80. The fourth-order valence-electron chi connectivity index (χ4n) is 2.58. The van der Waals surface area contributed by atoms with Gasteiger partial charge in [0.2, 0.25) is 0 Å². The van der Waals surface area contributed by atoms with E-state index < -0.39 is 17.6 Å². The molecule has 1 heterocycles. The summed E-state index contributed by atoms with van der Waals surface area (Å²) < 4.78 is 39.7. The Kier molecular flexibility index (Phi) is 5.84. The van der Waals surface area contributed by atoms with E-state index in [0.717, 1.165) is 17.7 Å². The summed E-state index contributed by atoms with van der Waals surface area (Å²) in [5.41, 5.74) is 0.308. The number of para-hydroxylation sites is 1. The topological polar surface area (TPSA) is 54.0 Å². The van der Waals surface area contributed by atoms with Crippen LogP contribution in [0.25, 0.3) is 0 Å². The third-order valence-electron chi connectivity index (χ3n) is 3.94. The lowest BCUT2D eigenvalue weighted by Gasteiger charge is -2.16. The van der Waals surface area contributed by atoms with Crippen molar-refractivity contribution in [1.29, 1.82) is 0 Å². The summed E-state index contributed by atoms with van der Waals surface area (Å²) in [6, 6.07) is 13.4. The maximum absolute atomic E-state index is 13.2. The van der Waals surface area contributed by atoms with Crippen molar-refractivity contribution in [3.63, 3.8) is 0 Å². The molecule has 0 aliphatic heterocycles. The first kappa shape index (κ1) is 19.7. The first-order chi connectivity index (χ1) is 13.3. The van der Waals surface area contributed by atoms with Crippen molar-refractivity contribution in [2.75, 3.05) is 10.6 Å². The Morgan fingerprint density at radius 3 is 2.43 bits per heavy atom. The Hall–Kier alpha value is -3.06. The number of hydrogen-bond acceptors (Lipinski definition) is 3. The Labute approximate surface area is 164 Å². The SMILES string of the molecule is O=C(Nc1ccc(Cl)cc1C(F)(F)F)c1ccccc1NCc1ccncc1. The number of rotatable bonds is 5. The van der Waals surface area contributed by atoms with Crippen molar-refractivity contribution in [3.8, 4) is 0 Å². The lowest BCUT2D eigenvalue weighted by molar-refractivity contribution is -0.136. The predicted octanol–water partition coefficient (Wildman–Crippen LogP) is 5.62. The van der Waals surface area contributed by atoms with E-state index in [4.69, 9.17) is 11.6 Å². The van der Waals surface area contributed by atoms with Crippen molar-refractivity contribution in [3.05, 3.63) is 88.7 Å². The van der Waals surface area contributed by atoms with E-state index in [1.807, 2.05) is 12.1 Å². The largest absolute Gasteiger partial charge is 0.418 e. The molecule has 3 aromatic rings. The third-order valence-corrected chi connectivity index (χ3v) is 4.17. The number of carbonyl (C=O) groups is 1. The van der Waals surface area contributed by atoms with Crippen LogP contribution in [-0.2, 0) is 12.7 Å². The van der Waals surface area contributed by atoms with Gasteiger partial charge in [0.15, 0.2) is 0 Å². The zero-order chi connectivity index (χ0) is 20.1. The Morgan fingerprint density at radius 1 is 1.00 bits per heavy atom. The standard InChI is InChI=1S/C20H15ClF3N3O/c21-14-5-6-18(16(11-14)20(22,23)24)27-19(28)15-3-1-2-4-17(15)26-12-13-7-9-25-10-8-13/h1-11,26H,12H2,(H,27,28). The summed E-state index contributed by atoms with van der Waals surface area (Å²) in [5.74, 6) is -0.661. The summed E-state index contributed by atoms with van der Waals surface area (Å²) >= 11 is 5.67. The van der Waals surface area contributed by atoms with Gasteiger partial charge in [-0.1, -0.05) is 23.7 Å². The second-order valence-corrected chi connectivity index (χ2v) is 6.33. The molecule has 28 heavy (non-hydrogen) atoms. The van der Waals surface area contributed by atoms with Crippen LogP contribution in [-0.4, -0.2) is 10.9 Å². The van der Waals surface area contributed by atoms with Crippen molar-refractivity contribution in [2.45, 2.75) is 12.7 Å². The second-order valence-electron chi connectivity index (χ2n) is 5.90. The highest BCUT2D eigenvalue weighted by Gasteiger charge is 2.34. The van der Waals surface area contributed by atoms with E-state index in [-0.39, 0.29) is 16.3 Å². The fraction of sp³-hybridized carbons (Fsp3) is 0.100. The van der Waals surface area contributed by atoms with E-state index >= 15 is 0 Å². The molecule has 0 spiro atoms. The lowest BCUT2D eigenvalue weighted by Crippen LogP contribution is -2.18. The Balaban J connectivity index is 1.82. The number of amides is 1. The van der Waals surface area contributed by atoms with Gasteiger partial charge in [-0.15, -0.1) is 0 Å². The number of hydrogen-bond donors (Lipinski definition) is 2. The monoisotopic (exact) mass is 405 g/mol. The molecule has 2 aromatic carbocycles. The molecule has 1 aromatic heterocycles. The van der Waals surface area contributed by atoms with Crippen LogP contribution in [0, 0.1) is 0 Å². The lowest BCUT2D eigenvalue weighted by atomic mass is 10.1. The smallest absolute Gasteiger partial charge is 0.380 e. The molecule has 0 radical (unpaired) electrons. The molecule has 0 saturated heterocycles. The minimum Gasteiger partial charge on any atom is -0.380 e. The number of aromatic nitrogens is 1. The summed E-state index contributed by atoms with van der Waals surface area (Å²) in [6.45, 7) is 0.432. The van der Waals surface area contributed by atoms with Crippen molar-refractivity contribution in [1.82, 2.24) is 4.98 Å². The van der Waals surface area contributed by atoms with Gasteiger partial charge in [0.1, 0.15) is 0 Å². The van der Waals surface area contributed by atoms with Crippen LogP contribution in [0.15, 0.2) is 67.0 Å². The van der Waals surface area contributed by atoms with Crippen molar-refractivity contribution >= 4 is 28.9 Å². The highest BCUT2D eigenvalue weighted by atomic mass is 35.5. The number of nitrogens with zero attached hydrogens (tertiary/aromatic N) is 1. The molecule has 0 bridgehead atoms. The molecular weight excluding hydrogens is 391 g/mol. The minimum absolute atomic E-state index is 0.0651. The van der Waals surface area contributed by atoms with Gasteiger partial charge in [0.05, 0.1) is 16.8 Å². The van der Waals surface area contributed by atoms with Crippen LogP contribution < -0.4 is 10.6 Å². The van der Waals surface area contributed by atoms with Gasteiger partial charge in [-0.25, -0.2) is 0 Å². The van der Waals surface area contributed by atoms with E-state index in [9.17, 15) is 18.0 Å². The van der Waals surface area contributed by atoms with Gasteiger partial charge in [-0.2, -0.15) is 13.2 Å². The number of pyridine rings is 1. The van der Waals surface area contributed by atoms with Gasteiger partial charge < -0.3 is 10.6 Å². The molecule has 4 nitrogen and oxygen atoms in total. The van der Waals surface area contributed by atoms with Gasteiger partial charge in [0, 0.05) is 29.6 Å². The molecule has 0 unspecified atom stereocenters. The first-order valence-electron chi connectivity index (χ1n) is 8.24. The number of nitrogens with one attached hydrogen (secondary N) is 2. The van der Waals surface area contributed by atoms with E-state index in [0.29, 0.717) is 12.2 Å². The molecule has 0 aliphatic rings. The van der Waals surface area contributed by atoms with Crippen LogP contribution in [0.4, 0.5) is 24.5 Å². The van der Waals surface area contributed by atoms with Gasteiger partial charge in [0.25, 0.3) is 5.91 Å². The molecule has 0 saturated carbocycles. The van der Waals surface area contributed by atoms with Crippen LogP contribution >= 0.6 is 11.6 Å². The van der Waals surface area contributed by atoms with E-state index in [2.05, 4.69) is 15.6 Å². The fourth-order valence-corrected chi connectivity index (χ4v) is 2.75. The predicted molar refractivity (Wildman–Crippen MR) is 102 cm³/mol. The average Bonchev–Trinajstić information content (AvgIpc) is 2.68. The van der Waals surface area contributed by atoms with Crippen LogP contribution in [0.3, 0.4) is 0 Å². The van der Waals surface area contributed by atoms with Crippen LogP contribution in [0.1, 0.15) is 21.5 Å².